The van der Waals surface area contributed by atoms with Crippen molar-refractivity contribution in [2.45, 2.75) is 42.2 Å². The van der Waals surface area contributed by atoms with Crippen molar-refractivity contribution in [3.63, 3.8) is 0 Å². The number of carboxylic acids is 2. The number of hydrogen-bond donors (Lipinski definition) is 8. The Kier molecular flexibility index (Phi) is 10.3. The molecule has 9 N–H and O–H groups in total. The molecule has 5 rings (SSSR count). The second kappa shape index (κ2) is 14.2. The molecule has 3 atom stereocenters. The minimum atomic E-state index is -2.01. The summed E-state index contributed by atoms with van der Waals surface area (Å²) in [6, 6.07) is 0.0601. The van der Waals surface area contributed by atoms with Gasteiger partial charge in [-0.05, 0) is 26.0 Å². The Labute approximate surface area is 305 Å². The predicted octanol–water partition coefficient (Wildman–Crippen LogP) is -0.856. The number of thioether (sulfide) groups is 1. The highest BCUT2D eigenvalue weighted by Gasteiger charge is 2.66. The van der Waals surface area contributed by atoms with Crippen LogP contribution in [-0.4, -0.2) is 136 Å². The number of nitrogens with two attached hydrogens (primary N) is 1. The number of amides is 6. The molecule has 21 nitrogen and oxygen atoms in total. The number of hydrazine groups is 1. The topological polar surface area (TPSA) is 307 Å². The molecule has 0 spiro atoms. The number of aliphatic carboxylic acids is 2. The molecule has 3 saturated heterocycles. The van der Waals surface area contributed by atoms with Crippen molar-refractivity contribution >= 4 is 87.1 Å². The van der Waals surface area contributed by atoms with E-state index in [1.165, 1.54) is 30.2 Å². The second-order valence-corrected chi connectivity index (χ2v) is 14.5. The van der Waals surface area contributed by atoms with Crippen LogP contribution in [0, 0.1) is 0 Å². The fourth-order valence-electron chi connectivity index (χ4n) is 5.11. The maximum Gasteiger partial charge on any atom is 0.350 e. The summed E-state index contributed by atoms with van der Waals surface area (Å²) >= 11 is 7.56. The number of aromatic hydroxyl groups is 2. The van der Waals surface area contributed by atoms with E-state index in [1.807, 2.05) is 0 Å². The monoisotopic (exact) mass is 783 g/mol. The number of phenolic OH excluding ortho intramolecular Hbond substituents is 2. The number of carbonyl (C=O) groups is 7. The van der Waals surface area contributed by atoms with Crippen molar-refractivity contribution in [2.75, 3.05) is 31.9 Å². The SMILES string of the molecule is CC(C)(O/N=C(\C(=O)NC1C(=O)N2CC(C(=O)O)(N3CCN(NC(=O)CCNC(=O)c4ccc(O)c(O)c4Cl)C3=O)S[C@H]12)c1csc(N)n1)C(=O)O. The number of thiazole rings is 1. The van der Waals surface area contributed by atoms with E-state index in [0.29, 0.717) is 0 Å². The minimum absolute atomic E-state index is 0.0571. The van der Waals surface area contributed by atoms with E-state index in [0.717, 1.165) is 39.1 Å². The molecule has 2 unspecified atom stereocenters. The van der Waals surface area contributed by atoms with Crippen LogP contribution < -0.4 is 21.8 Å². The van der Waals surface area contributed by atoms with Crippen LogP contribution >= 0.6 is 34.7 Å². The molecular weight excluding hydrogens is 754 g/mol. The summed E-state index contributed by atoms with van der Waals surface area (Å²) in [4.78, 5) is 98.3. The Hall–Kier alpha value is -5.55. The zero-order valence-corrected chi connectivity index (χ0v) is 29.4. The number of phenols is 2. The minimum Gasteiger partial charge on any atom is -0.504 e. The molecule has 24 heteroatoms. The summed E-state index contributed by atoms with van der Waals surface area (Å²) in [5.74, 6) is -7.19. The lowest BCUT2D eigenvalue weighted by atomic mass is 10.1. The van der Waals surface area contributed by atoms with E-state index < -0.39 is 92.3 Å². The smallest absolute Gasteiger partial charge is 0.350 e. The fraction of sp³-hybridized carbons (Fsp3) is 0.393. The first-order chi connectivity index (χ1) is 24.4. The average Bonchev–Trinajstić information content (AvgIpc) is 3.78. The fourth-order valence-corrected chi connectivity index (χ4v) is 7.54. The number of nitrogens with zero attached hydrogens (tertiary/aromatic N) is 5. The third-order valence-electron chi connectivity index (χ3n) is 8.00. The number of oxime groups is 1. The molecule has 0 bridgehead atoms. The van der Waals surface area contributed by atoms with Crippen LogP contribution in [0.1, 0.15) is 36.3 Å². The lowest BCUT2D eigenvalue weighted by Crippen LogP contribution is -2.68. The lowest BCUT2D eigenvalue weighted by molar-refractivity contribution is -0.161. The number of benzene rings is 1. The van der Waals surface area contributed by atoms with Crippen LogP contribution in [-0.2, 0) is 28.8 Å². The quantitative estimate of drug-likeness (QED) is 0.0531. The Morgan fingerprint density at radius 1 is 1.17 bits per heavy atom. The molecule has 0 aliphatic carbocycles. The largest absolute Gasteiger partial charge is 0.504 e. The number of hydrogen-bond acceptors (Lipinski definition) is 15. The second-order valence-electron chi connectivity index (χ2n) is 11.9. The Bertz CT molecular complexity index is 1910. The standard InChI is InChI=1S/C28H30ClN9O12S2/c1-27(2,23(45)46)50-35-16(12-9-51-25(30)32-12)20(43)33-17-21(44)36-10-28(24(47)48,52-22(17)36)37-7-8-38(26(37)49)34-14(40)5-6-31-19(42)11-3-4-13(39)18(41)15(11)29/h3-4,9,17,22,39,41H,5-8,10H2,1-2H3,(H2,30,32)(H,31,42)(H,33,43)(H,34,40)(H,45,46)(H,47,48)/b35-16-/t17?,22-,28?/m1/s1. The number of carbonyl (C=O) groups excluding carboxylic acids is 5. The molecule has 3 aliphatic heterocycles. The van der Waals surface area contributed by atoms with Crippen LogP contribution in [0.15, 0.2) is 22.7 Å². The molecule has 4 heterocycles. The van der Waals surface area contributed by atoms with Crippen LogP contribution in [0.4, 0.5) is 9.93 Å². The summed E-state index contributed by atoms with van der Waals surface area (Å²) in [7, 11) is 0. The number of aromatic nitrogens is 1. The summed E-state index contributed by atoms with van der Waals surface area (Å²) < 4.78 is 0. The van der Waals surface area contributed by atoms with Crippen molar-refractivity contribution in [1.29, 1.82) is 0 Å². The van der Waals surface area contributed by atoms with Gasteiger partial charge in [0, 0.05) is 24.9 Å². The van der Waals surface area contributed by atoms with Gasteiger partial charge in [-0.3, -0.25) is 29.5 Å². The van der Waals surface area contributed by atoms with Crippen molar-refractivity contribution < 1.29 is 58.8 Å². The lowest BCUT2D eigenvalue weighted by Gasteiger charge is -2.41. The molecule has 1 aromatic heterocycles. The summed E-state index contributed by atoms with van der Waals surface area (Å²) in [5.41, 5.74) is 5.47. The highest BCUT2D eigenvalue weighted by Crippen LogP contribution is 2.49. The normalized spacial score (nSPS) is 21.4. The number of anilines is 1. The highest BCUT2D eigenvalue weighted by molar-refractivity contribution is 8.02. The number of fused-ring (bicyclic) bond motifs is 1. The molecule has 6 amide bonds. The number of β-lactam (4-membered cyclic amide) rings is 1. The molecule has 2 aromatic rings. The Balaban J connectivity index is 1.21. The average molecular weight is 784 g/mol. The van der Waals surface area contributed by atoms with Gasteiger partial charge in [-0.1, -0.05) is 28.5 Å². The van der Waals surface area contributed by atoms with Crippen LogP contribution in [0.5, 0.6) is 11.5 Å². The number of halogens is 1. The van der Waals surface area contributed by atoms with E-state index in [4.69, 9.17) is 22.2 Å². The molecule has 0 saturated carbocycles. The van der Waals surface area contributed by atoms with E-state index in [9.17, 15) is 54.0 Å². The van der Waals surface area contributed by atoms with Gasteiger partial charge in [0.25, 0.3) is 11.8 Å². The number of carboxylic acid groups (broad SMARTS) is 2. The van der Waals surface area contributed by atoms with Gasteiger partial charge in [-0.15, -0.1) is 11.3 Å². The molecule has 1 aromatic carbocycles. The van der Waals surface area contributed by atoms with Crippen molar-refractivity contribution in [2.24, 2.45) is 5.16 Å². The van der Waals surface area contributed by atoms with Crippen molar-refractivity contribution in [1.82, 2.24) is 35.9 Å². The third-order valence-corrected chi connectivity index (χ3v) is 10.7. The highest BCUT2D eigenvalue weighted by atomic mass is 35.5. The van der Waals surface area contributed by atoms with Gasteiger partial charge in [0.1, 0.15) is 17.1 Å². The van der Waals surface area contributed by atoms with E-state index in [2.05, 4.69) is 26.2 Å². The van der Waals surface area contributed by atoms with Gasteiger partial charge in [0.05, 0.1) is 23.7 Å². The molecule has 0 radical (unpaired) electrons. The Morgan fingerprint density at radius 3 is 2.52 bits per heavy atom. The number of rotatable bonds is 13. The summed E-state index contributed by atoms with van der Waals surface area (Å²) in [5, 5.41) is 48.4. The summed E-state index contributed by atoms with van der Waals surface area (Å²) in [6.07, 6.45) is -0.320. The maximum atomic E-state index is 13.4. The maximum absolute atomic E-state index is 13.4. The molecule has 3 fully saturated rings. The van der Waals surface area contributed by atoms with Gasteiger partial charge >= 0.3 is 18.0 Å². The van der Waals surface area contributed by atoms with Gasteiger partial charge in [-0.25, -0.2) is 24.4 Å². The van der Waals surface area contributed by atoms with Crippen LogP contribution in [0.3, 0.4) is 0 Å². The molecule has 278 valence electrons. The van der Waals surface area contributed by atoms with Crippen LogP contribution in [0.25, 0.3) is 0 Å². The van der Waals surface area contributed by atoms with E-state index in [-0.39, 0.29) is 42.4 Å². The summed E-state index contributed by atoms with van der Waals surface area (Å²) in [6.45, 7) is 1.42. The van der Waals surface area contributed by atoms with E-state index in [1.54, 1.807) is 0 Å². The molecule has 3 aliphatic rings. The third kappa shape index (κ3) is 7.01. The van der Waals surface area contributed by atoms with Gasteiger partial charge in [-0.2, -0.15) is 0 Å². The van der Waals surface area contributed by atoms with Crippen molar-refractivity contribution in [3.05, 3.63) is 33.8 Å². The van der Waals surface area contributed by atoms with Gasteiger partial charge in [0.2, 0.25) is 22.3 Å². The number of nitrogen functional groups attached to an aromatic ring is 1. The number of nitrogens with one attached hydrogen (secondary N) is 3. The zero-order chi connectivity index (χ0) is 38.3. The molecule has 52 heavy (non-hydrogen) atoms. The first-order valence-corrected chi connectivity index (χ1v) is 17.1. The van der Waals surface area contributed by atoms with Gasteiger partial charge < -0.3 is 46.5 Å². The van der Waals surface area contributed by atoms with Crippen molar-refractivity contribution in [3.8, 4) is 11.5 Å². The predicted molar refractivity (Wildman–Crippen MR) is 180 cm³/mol. The van der Waals surface area contributed by atoms with Crippen LogP contribution in [0.2, 0.25) is 5.02 Å². The van der Waals surface area contributed by atoms with Gasteiger partial charge in [0.15, 0.2) is 22.3 Å². The Morgan fingerprint density at radius 2 is 1.88 bits per heavy atom. The first kappa shape index (κ1) is 37.7. The van der Waals surface area contributed by atoms with E-state index >= 15 is 0 Å². The number of urea groups is 1. The first-order valence-electron chi connectivity index (χ1n) is 15.0. The zero-order valence-electron chi connectivity index (χ0n) is 27.0. The molecular formula is C28H30ClN9O12S2.